The van der Waals surface area contributed by atoms with Crippen LogP contribution in [0.25, 0.3) is 0 Å². The molecule has 3 atom stereocenters. The molecule has 0 aliphatic heterocycles. The van der Waals surface area contributed by atoms with E-state index in [0.29, 0.717) is 6.04 Å². The van der Waals surface area contributed by atoms with Gasteiger partial charge in [0.15, 0.2) is 0 Å². The molecule has 1 aromatic rings. The zero-order valence-electron chi connectivity index (χ0n) is 11.1. The van der Waals surface area contributed by atoms with Crippen LogP contribution in [0.1, 0.15) is 38.8 Å². The lowest BCUT2D eigenvalue weighted by Crippen LogP contribution is -2.25. The van der Waals surface area contributed by atoms with Gasteiger partial charge < -0.3 is 15.2 Å². The van der Waals surface area contributed by atoms with Gasteiger partial charge in [0.05, 0.1) is 6.10 Å². The lowest BCUT2D eigenvalue weighted by Gasteiger charge is -2.18. The highest BCUT2D eigenvalue weighted by molar-refractivity contribution is 5.29. The summed E-state index contributed by atoms with van der Waals surface area (Å²) in [6.45, 7) is 5.75. The van der Waals surface area contributed by atoms with E-state index in [9.17, 15) is 5.11 Å². The second-order valence-electron chi connectivity index (χ2n) is 4.38. The van der Waals surface area contributed by atoms with Crippen molar-refractivity contribution in [3.8, 4) is 5.75 Å². The maximum Gasteiger partial charge on any atom is 0.121 e. The first kappa shape index (κ1) is 14.0. The molecule has 3 heteroatoms. The molecular formula is C14H23NO2. The Kier molecular flexibility index (Phi) is 5.45. The van der Waals surface area contributed by atoms with Crippen LogP contribution in [0.3, 0.4) is 0 Å². The average molecular weight is 237 g/mol. The molecule has 0 fully saturated rings. The lowest BCUT2D eigenvalue weighted by atomic mass is 10.0. The van der Waals surface area contributed by atoms with Crippen molar-refractivity contribution in [1.29, 1.82) is 0 Å². The Morgan fingerprint density at radius 2 is 1.82 bits per heavy atom. The maximum atomic E-state index is 9.37. The molecule has 0 bridgehead atoms. The van der Waals surface area contributed by atoms with Crippen molar-refractivity contribution in [3.63, 3.8) is 0 Å². The van der Waals surface area contributed by atoms with Gasteiger partial charge in [-0.25, -0.2) is 0 Å². The predicted molar refractivity (Wildman–Crippen MR) is 70.3 cm³/mol. The number of nitrogens with one attached hydrogen (secondary N) is 1. The molecule has 0 amide bonds. The summed E-state index contributed by atoms with van der Waals surface area (Å²) in [5.74, 6) is 0.799. The summed E-state index contributed by atoms with van der Waals surface area (Å²) in [4.78, 5) is 0. The highest BCUT2D eigenvalue weighted by Gasteiger charge is 2.11. The van der Waals surface area contributed by atoms with E-state index >= 15 is 0 Å². The standard InChI is InChI=1S/C14H23NO2/c1-5-14(15-4)12-6-8-13(9-7-12)17-11(3)10(2)16/h6-11,14-16H,5H2,1-4H3. The number of benzene rings is 1. The number of hydrogen-bond acceptors (Lipinski definition) is 3. The van der Waals surface area contributed by atoms with Crippen LogP contribution in [-0.2, 0) is 0 Å². The number of hydrogen-bond donors (Lipinski definition) is 2. The summed E-state index contributed by atoms with van der Waals surface area (Å²) in [5, 5.41) is 12.6. The Balaban J connectivity index is 2.67. The van der Waals surface area contributed by atoms with E-state index in [2.05, 4.69) is 24.4 Å². The minimum atomic E-state index is -0.463. The van der Waals surface area contributed by atoms with Crippen molar-refractivity contribution in [2.24, 2.45) is 0 Å². The van der Waals surface area contributed by atoms with Crippen LogP contribution in [0, 0.1) is 0 Å². The van der Waals surface area contributed by atoms with Gasteiger partial charge in [-0.15, -0.1) is 0 Å². The number of aliphatic hydroxyl groups is 1. The minimum absolute atomic E-state index is 0.188. The fourth-order valence-corrected chi connectivity index (χ4v) is 1.70. The molecule has 0 radical (unpaired) electrons. The van der Waals surface area contributed by atoms with Crippen LogP contribution in [0.2, 0.25) is 0 Å². The molecule has 3 unspecified atom stereocenters. The van der Waals surface area contributed by atoms with Crippen LogP contribution in [0.5, 0.6) is 5.75 Å². The Hall–Kier alpha value is -1.06. The van der Waals surface area contributed by atoms with Gasteiger partial charge in [0.25, 0.3) is 0 Å². The van der Waals surface area contributed by atoms with E-state index in [1.54, 1.807) is 6.92 Å². The van der Waals surface area contributed by atoms with Crippen molar-refractivity contribution in [2.45, 2.75) is 45.4 Å². The molecule has 96 valence electrons. The molecule has 1 rings (SSSR count). The second-order valence-corrected chi connectivity index (χ2v) is 4.38. The molecular weight excluding hydrogens is 214 g/mol. The van der Waals surface area contributed by atoms with Crippen LogP contribution in [0.15, 0.2) is 24.3 Å². The van der Waals surface area contributed by atoms with Gasteiger partial charge >= 0.3 is 0 Å². The van der Waals surface area contributed by atoms with Gasteiger partial charge in [-0.1, -0.05) is 19.1 Å². The second kappa shape index (κ2) is 6.62. The molecule has 0 aliphatic carbocycles. The molecule has 0 saturated carbocycles. The van der Waals surface area contributed by atoms with Gasteiger partial charge in [-0.3, -0.25) is 0 Å². The first-order valence-corrected chi connectivity index (χ1v) is 6.20. The summed E-state index contributed by atoms with van der Waals surface area (Å²) in [5.41, 5.74) is 1.26. The summed E-state index contributed by atoms with van der Waals surface area (Å²) >= 11 is 0. The van der Waals surface area contributed by atoms with Crippen molar-refractivity contribution in [2.75, 3.05) is 7.05 Å². The quantitative estimate of drug-likeness (QED) is 0.798. The third-order valence-electron chi connectivity index (χ3n) is 3.04. The largest absolute Gasteiger partial charge is 0.488 e. The Morgan fingerprint density at radius 3 is 2.24 bits per heavy atom. The van der Waals surface area contributed by atoms with E-state index in [0.717, 1.165) is 12.2 Å². The molecule has 0 spiro atoms. The van der Waals surface area contributed by atoms with E-state index in [4.69, 9.17) is 4.74 Å². The Morgan fingerprint density at radius 1 is 1.24 bits per heavy atom. The van der Waals surface area contributed by atoms with E-state index in [1.807, 2.05) is 26.1 Å². The minimum Gasteiger partial charge on any atom is -0.488 e. The number of ether oxygens (including phenoxy) is 1. The molecule has 1 aromatic carbocycles. The predicted octanol–water partition coefficient (Wildman–Crippen LogP) is 2.51. The summed E-state index contributed by atoms with van der Waals surface area (Å²) in [6, 6.07) is 8.42. The van der Waals surface area contributed by atoms with Crippen LogP contribution in [0.4, 0.5) is 0 Å². The molecule has 0 aromatic heterocycles. The van der Waals surface area contributed by atoms with Crippen molar-refractivity contribution in [1.82, 2.24) is 5.32 Å². The van der Waals surface area contributed by atoms with Gasteiger partial charge in [-0.2, -0.15) is 0 Å². The molecule has 17 heavy (non-hydrogen) atoms. The normalized spacial score (nSPS) is 16.3. The number of aliphatic hydroxyl groups excluding tert-OH is 1. The monoisotopic (exact) mass is 237 g/mol. The zero-order chi connectivity index (χ0) is 12.8. The lowest BCUT2D eigenvalue weighted by molar-refractivity contribution is 0.0604. The zero-order valence-corrected chi connectivity index (χ0v) is 11.1. The van der Waals surface area contributed by atoms with Crippen molar-refractivity contribution >= 4 is 0 Å². The number of rotatable bonds is 6. The summed E-state index contributed by atoms with van der Waals surface area (Å²) in [6.07, 6.45) is 0.406. The van der Waals surface area contributed by atoms with Crippen LogP contribution < -0.4 is 10.1 Å². The van der Waals surface area contributed by atoms with Gasteiger partial charge in [-0.05, 0) is 45.0 Å². The average Bonchev–Trinajstić information content (AvgIpc) is 2.32. The Bertz CT molecular complexity index is 317. The van der Waals surface area contributed by atoms with E-state index < -0.39 is 6.10 Å². The fourth-order valence-electron chi connectivity index (χ4n) is 1.70. The highest BCUT2D eigenvalue weighted by atomic mass is 16.5. The molecule has 2 N–H and O–H groups in total. The topological polar surface area (TPSA) is 41.5 Å². The first-order chi connectivity index (χ1) is 8.08. The fraction of sp³-hybridized carbons (Fsp3) is 0.571. The maximum absolute atomic E-state index is 9.37. The molecule has 0 heterocycles. The molecule has 0 aliphatic rings. The first-order valence-electron chi connectivity index (χ1n) is 6.20. The SMILES string of the molecule is CCC(NC)c1ccc(OC(C)C(C)O)cc1. The smallest absolute Gasteiger partial charge is 0.121 e. The van der Waals surface area contributed by atoms with Gasteiger partial charge in [0.1, 0.15) is 11.9 Å². The van der Waals surface area contributed by atoms with Crippen LogP contribution in [-0.4, -0.2) is 24.4 Å². The van der Waals surface area contributed by atoms with E-state index in [-0.39, 0.29) is 6.10 Å². The highest BCUT2D eigenvalue weighted by Crippen LogP contribution is 2.20. The van der Waals surface area contributed by atoms with Gasteiger partial charge in [0, 0.05) is 6.04 Å². The van der Waals surface area contributed by atoms with Crippen molar-refractivity contribution in [3.05, 3.63) is 29.8 Å². The molecule has 0 saturated heterocycles. The summed E-state index contributed by atoms with van der Waals surface area (Å²) in [7, 11) is 1.97. The van der Waals surface area contributed by atoms with E-state index in [1.165, 1.54) is 5.56 Å². The third-order valence-corrected chi connectivity index (χ3v) is 3.04. The summed E-state index contributed by atoms with van der Waals surface area (Å²) < 4.78 is 5.61. The van der Waals surface area contributed by atoms with Crippen molar-refractivity contribution < 1.29 is 9.84 Å². The molecule has 3 nitrogen and oxygen atoms in total. The third kappa shape index (κ3) is 4.02. The Labute approximate surface area is 104 Å². The van der Waals surface area contributed by atoms with Gasteiger partial charge in [0.2, 0.25) is 0 Å². The van der Waals surface area contributed by atoms with Crippen LogP contribution >= 0.6 is 0 Å².